The quantitative estimate of drug-likeness (QED) is 0.573. The van der Waals surface area contributed by atoms with Gasteiger partial charge in [-0.15, -0.1) is 0 Å². The van der Waals surface area contributed by atoms with Crippen molar-refractivity contribution in [1.29, 1.82) is 0 Å². The Morgan fingerprint density at radius 2 is 1.93 bits per heavy atom. The summed E-state index contributed by atoms with van der Waals surface area (Å²) in [5, 5.41) is 0.258. The summed E-state index contributed by atoms with van der Waals surface area (Å²) in [6.45, 7) is -0.480. The molecule has 1 aromatic carbocycles. The first-order valence-corrected chi connectivity index (χ1v) is 5.79. The lowest BCUT2D eigenvalue weighted by molar-refractivity contribution is -0.143. The Labute approximate surface area is 87.8 Å². The van der Waals surface area contributed by atoms with Gasteiger partial charge in [0.2, 0.25) is 0 Å². The third kappa shape index (κ3) is 3.57. The Morgan fingerprint density at radius 3 is 2.47 bits per heavy atom. The van der Waals surface area contributed by atoms with Crippen LogP contribution in [-0.2, 0) is 14.1 Å². The van der Waals surface area contributed by atoms with Gasteiger partial charge in [0.25, 0.3) is 0 Å². The van der Waals surface area contributed by atoms with Crippen molar-refractivity contribution in [2.75, 3.05) is 13.7 Å². The van der Waals surface area contributed by atoms with Crippen molar-refractivity contribution in [1.82, 2.24) is 0 Å². The van der Waals surface area contributed by atoms with Crippen LogP contribution in [0.1, 0.15) is 0 Å². The summed E-state index contributed by atoms with van der Waals surface area (Å²) >= 11 is 0. The second-order valence-corrected chi connectivity index (χ2v) is 4.59. The molecular weight excluding hydrogens is 219 g/mol. The largest absolute Gasteiger partial charge is 0.467 e. The van der Waals surface area contributed by atoms with Gasteiger partial charge in [-0.25, -0.2) is 4.79 Å². The van der Waals surface area contributed by atoms with E-state index in [-0.39, 0.29) is 5.30 Å². The van der Waals surface area contributed by atoms with E-state index >= 15 is 0 Å². The standard InChI is InChI=1S/C9H12O5P/c1-13-9(10)7-14-15(11,12)8-5-3-2-4-6-8/h2-6,11-12H,7H2,1H3/q+1. The molecule has 1 aromatic rings. The molecule has 5 nitrogen and oxygen atoms in total. The van der Waals surface area contributed by atoms with E-state index in [9.17, 15) is 14.6 Å². The van der Waals surface area contributed by atoms with E-state index in [0.29, 0.717) is 0 Å². The summed E-state index contributed by atoms with van der Waals surface area (Å²) in [6.07, 6.45) is 0. The van der Waals surface area contributed by atoms with E-state index in [0.717, 1.165) is 0 Å². The number of esters is 1. The lowest BCUT2D eigenvalue weighted by Crippen LogP contribution is -2.17. The first kappa shape index (κ1) is 12.1. The van der Waals surface area contributed by atoms with Crippen LogP contribution in [0.15, 0.2) is 30.3 Å². The summed E-state index contributed by atoms with van der Waals surface area (Å²) in [5.74, 6) is -0.654. The number of hydrogen-bond donors (Lipinski definition) is 2. The van der Waals surface area contributed by atoms with Gasteiger partial charge >= 0.3 is 13.9 Å². The van der Waals surface area contributed by atoms with Gasteiger partial charge < -0.3 is 4.74 Å². The molecule has 0 aliphatic rings. The van der Waals surface area contributed by atoms with E-state index in [1.165, 1.54) is 19.2 Å². The van der Waals surface area contributed by atoms with Gasteiger partial charge in [-0.1, -0.05) is 18.2 Å². The zero-order chi connectivity index (χ0) is 11.3. The highest BCUT2D eigenvalue weighted by molar-refractivity contribution is 7.67. The van der Waals surface area contributed by atoms with Gasteiger partial charge in [-0.3, -0.25) is 0 Å². The van der Waals surface area contributed by atoms with E-state index in [4.69, 9.17) is 4.52 Å². The van der Waals surface area contributed by atoms with Crippen molar-refractivity contribution in [3.8, 4) is 0 Å². The Hall–Kier alpha value is -1.00. The molecule has 2 N–H and O–H groups in total. The molecule has 0 unspecified atom stereocenters. The molecule has 6 heteroatoms. The van der Waals surface area contributed by atoms with Crippen LogP contribution in [0, 0.1) is 0 Å². The molecule has 0 amide bonds. The lowest BCUT2D eigenvalue weighted by atomic mass is 10.4. The molecule has 0 bridgehead atoms. The van der Waals surface area contributed by atoms with Gasteiger partial charge in [0.1, 0.15) is 0 Å². The fourth-order valence-electron chi connectivity index (χ4n) is 0.898. The molecule has 82 valence electrons. The van der Waals surface area contributed by atoms with Crippen LogP contribution in [0.4, 0.5) is 0 Å². The minimum Gasteiger partial charge on any atom is -0.467 e. The highest BCUT2D eigenvalue weighted by Crippen LogP contribution is 2.49. The number of hydrogen-bond acceptors (Lipinski definition) is 5. The lowest BCUT2D eigenvalue weighted by Gasteiger charge is -2.09. The minimum absolute atomic E-state index is 0.258. The van der Waals surface area contributed by atoms with Gasteiger partial charge in [0.15, 0.2) is 11.9 Å². The molecule has 1 rings (SSSR count). The van der Waals surface area contributed by atoms with Crippen LogP contribution in [0.25, 0.3) is 0 Å². The maximum atomic E-state index is 10.7. The third-order valence-electron chi connectivity index (χ3n) is 1.68. The molecule has 15 heavy (non-hydrogen) atoms. The summed E-state index contributed by atoms with van der Waals surface area (Å²) < 4.78 is 9.03. The minimum atomic E-state index is -3.66. The van der Waals surface area contributed by atoms with E-state index in [1.54, 1.807) is 18.2 Å². The smallest absolute Gasteiger partial charge is 0.444 e. The van der Waals surface area contributed by atoms with E-state index in [2.05, 4.69) is 4.74 Å². The number of rotatable bonds is 4. The monoisotopic (exact) mass is 231 g/mol. The molecule has 0 spiro atoms. The summed E-state index contributed by atoms with van der Waals surface area (Å²) in [5.41, 5.74) is 0. The molecule has 0 saturated heterocycles. The van der Waals surface area contributed by atoms with E-state index < -0.39 is 20.5 Å². The summed E-state index contributed by atoms with van der Waals surface area (Å²) in [6, 6.07) is 8.08. The van der Waals surface area contributed by atoms with Crippen LogP contribution >= 0.6 is 7.94 Å². The normalized spacial score (nSPS) is 11.1. The molecule has 0 heterocycles. The van der Waals surface area contributed by atoms with Gasteiger partial charge in [-0.05, 0) is 12.1 Å². The number of carbonyl (C=O) groups excluding carboxylic acids is 1. The topological polar surface area (TPSA) is 76.0 Å². The van der Waals surface area contributed by atoms with Crippen molar-refractivity contribution in [3.05, 3.63) is 30.3 Å². The Kier molecular flexibility index (Phi) is 4.17. The second-order valence-electron chi connectivity index (χ2n) is 2.73. The van der Waals surface area contributed by atoms with Crippen molar-refractivity contribution in [2.45, 2.75) is 0 Å². The summed E-state index contributed by atoms with van der Waals surface area (Å²) in [4.78, 5) is 29.9. The average molecular weight is 231 g/mol. The van der Waals surface area contributed by atoms with Crippen LogP contribution in [0.5, 0.6) is 0 Å². The first-order valence-electron chi connectivity index (χ1n) is 4.18. The van der Waals surface area contributed by atoms with Crippen LogP contribution in [0.2, 0.25) is 0 Å². The zero-order valence-corrected chi connectivity index (χ0v) is 9.05. The molecular formula is C9H12O5P+. The van der Waals surface area contributed by atoms with Gasteiger partial charge in [0.05, 0.1) is 7.11 Å². The van der Waals surface area contributed by atoms with Crippen LogP contribution < -0.4 is 5.30 Å². The fraction of sp³-hybridized carbons (Fsp3) is 0.222. The maximum Gasteiger partial charge on any atom is 0.444 e. The number of methoxy groups -OCH3 is 1. The first-order chi connectivity index (χ1) is 7.06. The maximum absolute atomic E-state index is 10.7. The van der Waals surface area contributed by atoms with Gasteiger partial charge in [-0.2, -0.15) is 14.3 Å². The molecule has 0 aliphatic heterocycles. The molecule has 0 radical (unpaired) electrons. The molecule has 0 fully saturated rings. The van der Waals surface area contributed by atoms with Crippen molar-refractivity contribution >= 4 is 19.2 Å². The fourth-order valence-corrected chi connectivity index (χ4v) is 1.89. The highest BCUT2D eigenvalue weighted by atomic mass is 31.2. The van der Waals surface area contributed by atoms with Crippen LogP contribution in [0.3, 0.4) is 0 Å². The Bertz CT molecular complexity index is 325. The number of benzene rings is 1. The summed E-state index contributed by atoms with van der Waals surface area (Å²) in [7, 11) is -2.47. The third-order valence-corrected chi connectivity index (χ3v) is 3.14. The van der Waals surface area contributed by atoms with E-state index in [1.807, 2.05) is 0 Å². The Balaban J connectivity index is 2.63. The molecule has 0 atom stereocenters. The van der Waals surface area contributed by atoms with Gasteiger partial charge in [0, 0.05) is 0 Å². The predicted molar refractivity (Wildman–Crippen MR) is 55.4 cm³/mol. The highest BCUT2D eigenvalue weighted by Gasteiger charge is 2.40. The molecule has 0 aromatic heterocycles. The predicted octanol–water partition coefficient (Wildman–Crippen LogP) is 0.249. The molecule has 0 aliphatic carbocycles. The zero-order valence-electron chi connectivity index (χ0n) is 8.16. The average Bonchev–Trinajstić information content (AvgIpc) is 2.27. The molecule has 0 saturated carbocycles. The number of ether oxygens (including phenoxy) is 1. The van der Waals surface area contributed by atoms with Crippen molar-refractivity contribution in [2.24, 2.45) is 0 Å². The van der Waals surface area contributed by atoms with Crippen molar-refractivity contribution in [3.63, 3.8) is 0 Å². The van der Waals surface area contributed by atoms with Crippen molar-refractivity contribution < 1.29 is 23.8 Å². The van der Waals surface area contributed by atoms with Crippen LogP contribution in [-0.4, -0.2) is 29.5 Å². The second kappa shape index (κ2) is 5.19. The Morgan fingerprint density at radius 1 is 1.33 bits per heavy atom. The SMILES string of the molecule is COC(=O)CO[P+](O)(O)c1ccccc1. The number of carbonyl (C=O) groups is 1.